The number of rotatable bonds is 2. The van der Waals surface area contributed by atoms with Crippen molar-refractivity contribution in [2.24, 2.45) is 23.2 Å². The number of urea groups is 1. The van der Waals surface area contributed by atoms with Crippen LogP contribution in [0.15, 0.2) is 0 Å². The fourth-order valence-electron chi connectivity index (χ4n) is 6.68. The van der Waals surface area contributed by atoms with Crippen LogP contribution in [0.2, 0.25) is 0 Å². The molecule has 3 heteroatoms. The zero-order valence-electron chi connectivity index (χ0n) is 14.3. The quantitative estimate of drug-likeness (QED) is 0.815. The third kappa shape index (κ3) is 2.55. The summed E-state index contributed by atoms with van der Waals surface area (Å²) in [6.07, 6.45) is 12.2. The Hall–Kier alpha value is -0.730. The second-order valence-electron chi connectivity index (χ2n) is 9.11. The van der Waals surface area contributed by atoms with E-state index in [0.717, 1.165) is 37.1 Å². The number of carbonyl (C=O) groups excluding carboxylic acids is 1. The van der Waals surface area contributed by atoms with E-state index in [1.165, 1.54) is 44.9 Å². The molecule has 0 radical (unpaired) electrons. The van der Waals surface area contributed by atoms with Gasteiger partial charge in [0, 0.05) is 18.6 Å². The molecule has 4 aliphatic carbocycles. The highest BCUT2D eigenvalue weighted by molar-refractivity contribution is 5.75. The maximum absolute atomic E-state index is 12.7. The second-order valence-corrected chi connectivity index (χ2v) is 9.11. The first-order chi connectivity index (χ1) is 10.5. The molecular weight excluding hydrogens is 272 g/mol. The van der Waals surface area contributed by atoms with Crippen LogP contribution in [0.4, 0.5) is 4.79 Å². The molecule has 0 aromatic rings. The molecule has 22 heavy (non-hydrogen) atoms. The number of piperidine rings is 1. The van der Waals surface area contributed by atoms with Gasteiger partial charge in [-0.15, -0.1) is 0 Å². The Kier molecular flexibility index (Phi) is 3.65. The lowest BCUT2D eigenvalue weighted by atomic mass is 9.49. The number of hydrogen-bond acceptors (Lipinski definition) is 1. The Balaban J connectivity index is 1.39. The van der Waals surface area contributed by atoms with Crippen LogP contribution in [-0.4, -0.2) is 29.6 Å². The normalized spacial score (nSPS) is 46.8. The van der Waals surface area contributed by atoms with E-state index in [9.17, 15) is 4.79 Å². The van der Waals surface area contributed by atoms with Crippen molar-refractivity contribution in [1.29, 1.82) is 0 Å². The van der Waals surface area contributed by atoms with Gasteiger partial charge < -0.3 is 10.2 Å². The largest absolute Gasteiger partial charge is 0.337 e. The van der Waals surface area contributed by atoms with Gasteiger partial charge in [0.25, 0.3) is 0 Å². The molecule has 2 amide bonds. The molecule has 1 N–H and O–H groups in total. The van der Waals surface area contributed by atoms with E-state index in [0.29, 0.717) is 17.5 Å². The lowest BCUT2D eigenvalue weighted by Crippen LogP contribution is -2.56. The fourth-order valence-corrected chi connectivity index (χ4v) is 6.68. The summed E-state index contributed by atoms with van der Waals surface area (Å²) in [5, 5.41) is 3.36. The van der Waals surface area contributed by atoms with Gasteiger partial charge in [0.2, 0.25) is 0 Å². The van der Waals surface area contributed by atoms with Crippen LogP contribution < -0.4 is 5.32 Å². The molecule has 2 unspecified atom stereocenters. The Morgan fingerprint density at radius 2 is 1.50 bits per heavy atom. The van der Waals surface area contributed by atoms with Gasteiger partial charge in [0.05, 0.1) is 0 Å². The van der Waals surface area contributed by atoms with E-state index in [1.807, 2.05) is 0 Å². The van der Waals surface area contributed by atoms with Crippen molar-refractivity contribution < 1.29 is 4.79 Å². The lowest BCUT2D eigenvalue weighted by molar-refractivity contribution is -0.0506. The SMILES string of the molecule is CC1CCCC(C)N1C(=O)NCC12CC3CC(CC(C3)C1)C2. The van der Waals surface area contributed by atoms with Crippen LogP contribution in [0.3, 0.4) is 0 Å². The van der Waals surface area contributed by atoms with Gasteiger partial charge in [-0.1, -0.05) is 0 Å². The molecule has 5 fully saturated rings. The lowest BCUT2D eigenvalue weighted by Gasteiger charge is -2.57. The third-order valence-corrected chi connectivity index (χ3v) is 7.21. The molecule has 5 aliphatic rings. The average Bonchev–Trinajstić information content (AvgIpc) is 2.43. The van der Waals surface area contributed by atoms with Crippen molar-refractivity contribution in [2.75, 3.05) is 6.54 Å². The molecule has 2 atom stereocenters. The average molecular weight is 304 g/mol. The summed E-state index contributed by atoms with van der Waals surface area (Å²) >= 11 is 0. The molecule has 4 bridgehead atoms. The third-order valence-electron chi connectivity index (χ3n) is 7.21. The van der Waals surface area contributed by atoms with Crippen LogP contribution in [0.1, 0.15) is 71.6 Å². The first kappa shape index (κ1) is 14.8. The van der Waals surface area contributed by atoms with Gasteiger partial charge >= 0.3 is 6.03 Å². The molecule has 0 aromatic carbocycles. The van der Waals surface area contributed by atoms with Crippen LogP contribution in [0.5, 0.6) is 0 Å². The standard InChI is InChI=1S/C19H32N2O/c1-13-4-3-5-14(2)21(13)18(22)20-12-19-9-15-6-16(10-19)8-17(7-15)11-19/h13-17H,3-12H2,1-2H3,(H,20,22). The van der Waals surface area contributed by atoms with Crippen LogP contribution in [-0.2, 0) is 0 Å². The zero-order valence-corrected chi connectivity index (χ0v) is 14.3. The van der Waals surface area contributed by atoms with Crippen molar-refractivity contribution in [3.63, 3.8) is 0 Å². The second kappa shape index (κ2) is 5.42. The smallest absolute Gasteiger partial charge is 0.317 e. The monoisotopic (exact) mass is 304 g/mol. The molecule has 1 heterocycles. The summed E-state index contributed by atoms with van der Waals surface area (Å²) in [6.45, 7) is 5.35. The summed E-state index contributed by atoms with van der Waals surface area (Å²) in [7, 11) is 0. The van der Waals surface area contributed by atoms with Gasteiger partial charge in [0.15, 0.2) is 0 Å². The summed E-state index contributed by atoms with van der Waals surface area (Å²) in [5.41, 5.74) is 0.451. The van der Waals surface area contributed by atoms with Crippen LogP contribution in [0.25, 0.3) is 0 Å². The highest BCUT2D eigenvalue weighted by Crippen LogP contribution is 2.59. The first-order valence-electron chi connectivity index (χ1n) is 9.61. The molecule has 0 spiro atoms. The molecule has 124 valence electrons. The highest BCUT2D eigenvalue weighted by Gasteiger charge is 2.50. The van der Waals surface area contributed by atoms with Crippen LogP contribution in [0, 0.1) is 23.2 Å². The summed E-state index contributed by atoms with van der Waals surface area (Å²) < 4.78 is 0. The first-order valence-corrected chi connectivity index (χ1v) is 9.61. The summed E-state index contributed by atoms with van der Waals surface area (Å²) in [4.78, 5) is 14.8. The van der Waals surface area contributed by atoms with Gasteiger partial charge in [-0.2, -0.15) is 0 Å². The number of hydrogen-bond donors (Lipinski definition) is 1. The van der Waals surface area contributed by atoms with Gasteiger partial charge in [-0.3, -0.25) is 0 Å². The number of nitrogens with one attached hydrogen (secondary N) is 1. The fraction of sp³-hybridized carbons (Fsp3) is 0.947. The Morgan fingerprint density at radius 1 is 1.00 bits per heavy atom. The van der Waals surface area contributed by atoms with E-state index in [2.05, 4.69) is 24.1 Å². The molecular formula is C19H32N2O. The maximum Gasteiger partial charge on any atom is 0.317 e. The zero-order chi connectivity index (χ0) is 15.3. The topological polar surface area (TPSA) is 32.3 Å². The van der Waals surface area contributed by atoms with Crippen molar-refractivity contribution in [2.45, 2.75) is 83.7 Å². The molecule has 0 aromatic heterocycles. The minimum Gasteiger partial charge on any atom is -0.337 e. The predicted molar refractivity (Wildman–Crippen MR) is 88.6 cm³/mol. The van der Waals surface area contributed by atoms with Crippen LogP contribution >= 0.6 is 0 Å². The van der Waals surface area contributed by atoms with Crippen molar-refractivity contribution in [3.05, 3.63) is 0 Å². The van der Waals surface area contributed by atoms with Crippen molar-refractivity contribution in [3.8, 4) is 0 Å². The molecule has 1 saturated heterocycles. The summed E-state index contributed by atoms with van der Waals surface area (Å²) in [6, 6.07) is 1.01. The number of amides is 2. The van der Waals surface area contributed by atoms with E-state index >= 15 is 0 Å². The number of likely N-dealkylation sites (tertiary alicyclic amines) is 1. The molecule has 4 saturated carbocycles. The van der Waals surface area contributed by atoms with E-state index in [-0.39, 0.29) is 6.03 Å². The molecule has 5 rings (SSSR count). The Morgan fingerprint density at radius 3 is 2.00 bits per heavy atom. The number of nitrogens with zero attached hydrogens (tertiary/aromatic N) is 1. The Labute approximate surface area is 135 Å². The minimum absolute atomic E-state index is 0.204. The highest BCUT2D eigenvalue weighted by atomic mass is 16.2. The summed E-state index contributed by atoms with van der Waals surface area (Å²) in [5.74, 6) is 2.91. The van der Waals surface area contributed by atoms with Gasteiger partial charge in [-0.05, 0) is 94.8 Å². The minimum atomic E-state index is 0.204. The predicted octanol–water partition coefficient (Wildman–Crippen LogP) is 4.18. The van der Waals surface area contributed by atoms with Crippen molar-refractivity contribution >= 4 is 6.03 Å². The van der Waals surface area contributed by atoms with Gasteiger partial charge in [-0.25, -0.2) is 4.79 Å². The van der Waals surface area contributed by atoms with E-state index < -0.39 is 0 Å². The molecule has 3 nitrogen and oxygen atoms in total. The number of carbonyl (C=O) groups is 1. The van der Waals surface area contributed by atoms with E-state index in [1.54, 1.807) is 0 Å². The molecule has 1 aliphatic heterocycles. The maximum atomic E-state index is 12.7. The van der Waals surface area contributed by atoms with Gasteiger partial charge in [0.1, 0.15) is 0 Å². The van der Waals surface area contributed by atoms with Crippen molar-refractivity contribution in [1.82, 2.24) is 10.2 Å². The Bertz CT molecular complexity index is 401. The van der Waals surface area contributed by atoms with E-state index in [4.69, 9.17) is 0 Å².